The van der Waals surface area contributed by atoms with Crippen LogP contribution in [-0.2, 0) is 0 Å². The molecule has 3 rings (SSSR count). The van der Waals surface area contributed by atoms with Gasteiger partial charge in [0.2, 0.25) is 0 Å². The molecule has 3 aliphatic rings. The second-order valence-corrected chi connectivity index (χ2v) is 3.88. The van der Waals surface area contributed by atoms with E-state index in [4.69, 9.17) is 0 Å². The fraction of sp³-hybridized carbons (Fsp3) is 1.00. The maximum atomic E-state index is 2.32. The van der Waals surface area contributed by atoms with Crippen molar-refractivity contribution in [3.05, 3.63) is 0 Å². The lowest BCUT2D eigenvalue weighted by molar-refractivity contribution is 0.268. The molecule has 0 nitrogen and oxygen atoms in total. The van der Waals surface area contributed by atoms with Crippen LogP contribution < -0.4 is 0 Å². The molecule has 0 amide bonds. The summed E-state index contributed by atoms with van der Waals surface area (Å²) in [6.07, 6.45) is 7.68. The zero-order valence-electron chi connectivity index (χ0n) is 6.27. The first-order chi connectivity index (χ1) is 4.40. The monoisotopic (exact) mass is 124 g/mol. The van der Waals surface area contributed by atoms with Gasteiger partial charge in [0, 0.05) is 0 Å². The van der Waals surface area contributed by atoms with Gasteiger partial charge in [0.05, 0.1) is 0 Å². The maximum absolute atomic E-state index is 2.32. The summed E-state index contributed by atoms with van der Waals surface area (Å²) in [6, 6.07) is 0. The minimum Gasteiger partial charge on any atom is -0.0654 e. The lowest BCUT2D eigenvalue weighted by Gasteiger charge is -2.24. The Balaban J connectivity index is 1.86. The van der Waals surface area contributed by atoms with Gasteiger partial charge in [-0.2, -0.15) is 0 Å². The standard InChI is InChI=1S/C9H16/c1-2-3-8-4-7-5-9(8)6-7/h7-9H,2-6H2,1H3. The molecule has 1 unspecified atom stereocenters. The van der Waals surface area contributed by atoms with Crippen LogP contribution in [0.2, 0.25) is 0 Å². The Morgan fingerprint density at radius 1 is 1.22 bits per heavy atom. The fourth-order valence-corrected chi connectivity index (χ4v) is 2.71. The predicted octanol–water partition coefficient (Wildman–Crippen LogP) is 2.83. The SMILES string of the molecule is CCCC1CC2CC1C2. The highest BCUT2D eigenvalue weighted by Gasteiger charge is 2.43. The van der Waals surface area contributed by atoms with Gasteiger partial charge >= 0.3 is 0 Å². The first kappa shape index (κ1) is 5.76. The molecule has 0 heteroatoms. The van der Waals surface area contributed by atoms with Crippen LogP contribution >= 0.6 is 0 Å². The Bertz CT molecular complexity index is 101. The molecule has 0 aromatic carbocycles. The summed E-state index contributed by atoms with van der Waals surface area (Å²) < 4.78 is 0. The molecular weight excluding hydrogens is 108 g/mol. The van der Waals surface area contributed by atoms with Crippen LogP contribution in [0.4, 0.5) is 0 Å². The molecule has 0 aromatic rings. The molecule has 0 heterocycles. The lowest BCUT2D eigenvalue weighted by Crippen LogP contribution is -2.13. The molecule has 2 bridgehead atoms. The molecule has 9 heavy (non-hydrogen) atoms. The van der Waals surface area contributed by atoms with Crippen molar-refractivity contribution >= 4 is 0 Å². The van der Waals surface area contributed by atoms with Gasteiger partial charge in [0.25, 0.3) is 0 Å². The predicted molar refractivity (Wildman–Crippen MR) is 39.2 cm³/mol. The van der Waals surface area contributed by atoms with E-state index in [-0.39, 0.29) is 0 Å². The van der Waals surface area contributed by atoms with Gasteiger partial charge in [-0.25, -0.2) is 0 Å². The van der Waals surface area contributed by atoms with Gasteiger partial charge in [-0.3, -0.25) is 0 Å². The highest BCUT2D eigenvalue weighted by atomic mass is 14.5. The normalized spacial score (nSPS) is 47.0. The van der Waals surface area contributed by atoms with Crippen molar-refractivity contribution in [3.8, 4) is 0 Å². The topological polar surface area (TPSA) is 0 Å². The van der Waals surface area contributed by atoms with Gasteiger partial charge < -0.3 is 0 Å². The van der Waals surface area contributed by atoms with E-state index in [1.807, 2.05) is 0 Å². The Hall–Kier alpha value is 0. The van der Waals surface area contributed by atoms with Crippen LogP contribution in [0.3, 0.4) is 0 Å². The zero-order chi connectivity index (χ0) is 6.27. The fourth-order valence-electron chi connectivity index (χ4n) is 2.71. The summed E-state index contributed by atoms with van der Waals surface area (Å²) >= 11 is 0. The van der Waals surface area contributed by atoms with Gasteiger partial charge in [0.1, 0.15) is 0 Å². The number of fused-ring (bicyclic) bond motifs is 1. The van der Waals surface area contributed by atoms with Gasteiger partial charge in [-0.1, -0.05) is 19.8 Å². The quantitative estimate of drug-likeness (QED) is 0.531. The molecule has 3 saturated carbocycles. The van der Waals surface area contributed by atoms with E-state index in [1.54, 1.807) is 19.3 Å². The summed E-state index contributed by atoms with van der Waals surface area (Å²) in [6.45, 7) is 2.32. The van der Waals surface area contributed by atoms with E-state index in [2.05, 4.69) is 6.92 Å². The zero-order valence-corrected chi connectivity index (χ0v) is 6.27. The van der Waals surface area contributed by atoms with Crippen LogP contribution in [-0.4, -0.2) is 0 Å². The number of hydrogen-bond acceptors (Lipinski definition) is 0. The molecule has 3 fully saturated rings. The largest absolute Gasteiger partial charge is 0.0654 e. The number of rotatable bonds is 2. The van der Waals surface area contributed by atoms with E-state index < -0.39 is 0 Å². The van der Waals surface area contributed by atoms with Crippen LogP contribution in [0.5, 0.6) is 0 Å². The van der Waals surface area contributed by atoms with Crippen molar-refractivity contribution in [2.75, 3.05) is 0 Å². The van der Waals surface area contributed by atoms with Crippen molar-refractivity contribution in [2.24, 2.45) is 17.8 Å². The minimum absolute atomic E-state index is 1.15. The van der Waals surface area contributed by atoms with E-state index in [0.29, 0.717) is 0 Å². The van der Waals surface area contributed by atoms with Gasteiger partial charge in [-0.05, 0) is 37.0 Å². The van der Waals surface area contributed by atoms with Crippen molar-refractivity contribution in [1.82, 2.24) is 0 Å². The Labute approximate surface area is 57.6 Å². The van der Waals surface area contributed by atoms with Crippen LogP contribution in [0.1, 0.15) is 39.0 Å². The highest BCUT2D eigenvalue weighted by molar-refractivity contribution is 4.93. The smallest absolute Gasteiger partial charge is 0.0380 e. The second-order valence-electron chi connectivity index (χ2n) is 3.88. The Morgan fingerprint density at radius 3 is 2.44 bits per heavy atom. The van der Waals surface area contributed by atoms with Crippen LogP contribution in [0.15, 0.2) is 0 Å². The van der Waals surface area contributed by atoms with Crippen molar-refractivity contribution in [3.63, 3.8) is 0 Å². The molecule has 0 N–H and O–H groups in total. The first-order valence-corrected chi connectivity index (χ1v) is 4.40. The molecule has 3 aliphatic carbocycles. The second kappa shape index (κ2) is 2.00. The Morgan fingerprint density at radius 2 is 2.00 bits per heavy atom. The molecule has 0 aromatic heterocycles. The molecule has 52 valence electrons. The molecular formula is C9H16. The minimum atomic E-state index is 1.15. The third kappa shape index (κ3) is 0.798. The van der Waals surface area contributed by atoms with E-state index >= 15 is 0 Å². The highest BCUT2D eigenvalue weighted by Crippen LogP contribution is 2.53. The first-order valence-electron chi connectivity index (χ1n) is 4.40. The average molecular weight is 124 g/mol. The Kier molecular flexibility index (Phi) is 1.28. The third-order valence-electron chi connectivity index (χ3n) is 3.23. The van der Waals surface area contributed by atoms with E-state index in [9.17, 15) is 0 Å². The maximum Gasteiger partial charge on any atom is -0.0380 e. The summed E-state index contributed by atoms with van der Waals surface area (Å²) in [5, 5.41) is 0. The molecule has 0 aliphatic heterocycles. The van der Waals surface area contributed by atoms with Gasteiger partial charge in [-0.15, -0.1) is 0 Å². The van der Waals surface area contributed by atoms with Crippen molar-refractivity contribution in [2.45, 2.75) is 39.0 Å². The molecule has 1 atom stereocenters. The number of hydrogen-bond donors (Lipinski definition) is 0. The van der Waals surface area contributed by atoms with Crippen molar-refractivity contribution < 1.29 is 0 Å². The molecule has 0 spiro atoms. The summed E-state index contributed by atoms with van der Waals surface area (Å²) in [7, 11) is 0. The van der Waals surface area contributed by atoms with Crippen LogP contribution in [0, 0.1) is 17.8 Å². The summed E-state index contributed by atoms with van der Waals surface area (Å²) in [5.41, 5.74) is 0. The van der Waals surface area contributed by atoms with Gasteiger partial charge in [0.15, 0.2) is 0 Å². The summed E-state index contributed by atoms with van der Waals surface area (Å²) in [4.78, 5) is 0. The van der Waals surface area contributed by atoms with E-state index in [0.717, 1.165) is 5.92 Å². The van der Waals surface area contributed by atoms with E-state index in [1.165, 1.54) is 24.7 Å². The van der Waals surface area contributed by atoms with Crippen molar-refractivity contribution in [1.29, 1.82) is 0 Å². The third-order valence-corrected chi connectivity index (χ3v) is 3.23. The molecule has 0 saturated heterocycles. The lowest BCUT2D eigenvalue weighted by atomic mass is 9.82. The molecule has 0 radical (unpaired) electrons. The summed E-state index contributed by atoms with van der Waals surface area (Å²) in [5.74, 6) is 3.50. The van der Waals surface area contributed by atoms with Crippen LogP contribution in [0.25, 0.3) is 0 Å². The average Bonchev–Trinajstić information content (AvgIpc) is 2.20.